The Morgan fingerprint density at radius 2 is 1.79 bits per heavy atom. The second-order valence-electron chi connectivity index (χ2n) is 7.40. The topological polar surface area (TPSA) is 122 Å². The summed E-state index contributed by atoms with van der Waals surface area (Å²) in [4.78, 5) is 49.6. The average molecular weight is 485 g/mol. The third-order valence-corrected chi connectivity index (χ3v) is 5.74. The maximum absolute atomic E-state index is 12.8. The van der Waals surface area contributed by atoms with Crippen LogP contribution in [-0.4, -0.2) is 52.8 Å². The summed E-state index contributed by atoms with van der Waals surface area (Å²) in [5, 5.41) is 11.0. The number of carbonyl (C=O) groups excluding carboxylic acids is 3. The Labute approximate surface area is 200 Å². The summed E-state index contributed by atoms with van der Waals surface area (Å²) in [5.74, 6) is -1.61. The fraction of sp³-hybridized carbons (Fsp3) is 0.250. The second-order valence-corrected chi connectivity index (χ2v) is 8.40. The summed E-state index contributed by atoms with van der Waals surface area (Å²) in [6.07, 6.45) is 1.51. The van der Waals surface area contributed by atoms with Crippen molar-refractivity contribution in [1.29, 1.82) is 0 Å². The number of benzene rings is 2. The maximum atomic E-state index is 12.8. The molecule has 178 valence electrons. The fourth-order valence-corrected chi connectivity index (χ4v) is 4.10. The van der Waals surface area contributed by atoms with Gasteiger partial charge in [-0.2, -0.15) is 0 Å². The van der Waals surface area contributed by atoms with Crippen molar-refractivity contribution in [1.82, 2.24) is 4.90 Å². The molecule has 2 N–H and O–H groups in total. The SMILES string of the molecule is CCOc1cc(/C=C2/SC(=O)N(CC(=O)Nc3c(C)cccc3C)C2=O)ccc1OCC(=O)O. The minimum absolute atomic E-state index is 0.159. The van der Waals surface area contributed by atoms with E-state index in [0.29, 0.717) is 23.6 Å². The molecule has 0 aromatic heterocycles. The molecule has 1 heterocycles. The third kappa shape index (κ3) is 5.96. The monoisotopic (exact) mass is 484 g/mol. The van der Waals surface area contributed by atoms with E-state index in [9.17, 15) is 19.2 Å². The van der Waals surface area contributed by atoms with Gasteiger partial charge in [0.05, 0.1) is 11.5 Å². The summed E-state index contributed by atoms with van der Waals surface area (Å²) >= 11 is 0.738. The maximum Gasteiger partial charge on any atom is 0.341 e. The van der Waals surface area contributed by atoms with Crippen LogP contribution in [0.25, 0.3) is 6.08 Å². The van der Waals surface area contributed by atoms with Gasteiger partial charge in [-0.3, -0.25) is 19.3 Å². The third-order valence-electron chi connectivity index (χ3n) is 4.84. The Hall–Kier alpha value is -3.79. The van der Waals surface area contributed by atoms with Crippen LogP contribution in [0.5, 0.6) is 11.5 Å². The molecule has 1 aliphatic heterocycles. The first kappa shape index (κ1) is 24.8. The highest BCUT2D eigenvalue weighted by Gasteiger charge is 2.36. The molecule has 0 unspecified atom stereocenters. The van der Waals surface area contributed by atoms with E-state index in [4.69, 9.17) is 14.6 Å². The van der Waals surface area contributed by atoms with E-state index in [0.717, 1.165) is 27.8 Å². The normalized spacial score (nSPS) is 14.4. The molecule has 2 aromatic carbocycles. The number of amides is 3. The van der Waals surface area contributed by atoms with E-state index in [-0.39, 0.29) is 10.7 Å². The number of anilines is 1. The Bertz CT molecular complexity index is 1160. The number of thioether (sulfide) groups is 1. The van der Waals surface area contributed by atoms with Crippen LogP contribution >= 0.6 is 11.8 Å². The van der Waals surface area contributed by atoms with Crippen molar-refractivity contribution >= 4 is 46.5 Å². The van der Waals surface area contributed by atoms with Gasteiger partial charge in [-0.05, 0) is 67.4 Å². The lowest BCUT2D eigenvalue weighted by molar-refractivity contribution is -0.139. The number of aryl methyl sites for hydroxylation is 2. The largest absolute Gasteiger partial charge is 0.490 e. The zero-order valence-corrected chi connectivity index (χ0v) is 19.7. The van der Waals surface area contributed by atoms with Gasteiger partial charge in [-0.1, -0.05) is 24.3 Å². The van der Waals surface area contributed by atoms with Crippen LogP contribution in [0.3, 0.4) is 0 Å². The van der Waals surface area contributed by atoms with Crippen LogP contribution in [0.2, 0.25) is 0 Å². The summed E-state index contributed by atoms with van der Waals surface area (Å²) in [7, 11) is 0. The molecule has 1 aliphatic rings. The van der Waals surface area contributed by atoms with Gasteiger partial charge in [-0.15, -0.1) is 0 Å². The summed E-state index contributed by atoms with van der Waals surface area (Å²) in [6.45, 7) is 4.88. The molecule has 2 aromatic rings. The number of nitrogens with zero attached hydrogens (tertiary/aromatic N) is 1. The van der Waals surface area contributed by atoms with Crippen molar-refractivity contribution in [3.05, 3.63) is 58.0 Å². The van der Waals surface area contributed by atoms with E-state index in [1.165, 1.54) is 12.1 Å². The predicted molar refractivity (Wildman–Crippen MR) is 128 cm³/mol. The highest BCUT2D eigenvalue weighted by atomic mass is 32.2. The van der Waals surface area contributed by atoms with Gasteiger partial charge in [0.25, 0.3) is 11.1 Å². The minimum atomic E-state index is -1.12. The van der Waals surface area contributed by atoms with Crippen LogP contribution in [0.15, 0.2) is 41.3 Å². The van der Waals surface area contributed by atoms with Crippen molar-refractivity contribution in [2.24, 2.45) is 0 Å². The second kappa shape index (κ2) is 10.9. The zero-order valence-electron chi connectivity index (χ0n) is 18.9. The number of carboxylic acid groups (broad SMARTS) is 1. The van der Waals surface area contributed by atoms with E-state index in [1.54, 1.807) is 19.1 Å². The van der Waals surface area contributed by atoms with Gasteiger partial charge in [0.2, 0.25) is 5.91 Å². The fourth-order valence-electron chi connectivity index (χ4n) is 3.26. The van der Waals surface area contributed by atoms with E-state index in [2.05, 4.69) is 5.32 Å². The first-order valence-corrected chi connectivity index (χ1v) is 11.2. The molecule has 0 aliphatic carbocycles. The number of aliphatic carboxylic acids is 1. The van der Waals surface area contributed by atoms with Gasteiger partial charge in [0, 0.05) is 5.69 Å². The lowest BCUT2D eigenvalue weighted by atomic mass is 10.1. The van der Waals surface area contributed by atoms with E-state index >= 15 is 0 Å². The molecule has 3 amide bonds. The molecule has 9 nitrogen and oxygen atoms in total. The van der Waals surface area contributed by atoms with Gasteiger partial charge < -0.3 is 19.9 Å². The predicted octanol–water partition coefficient (Wildman–Crippen LogP) is 3.84. The molecule has 10 heteroatoms. The number of hydrogen-bond donors (Lipinski definition) is 2. The van der Waals surface area contributed by atoms with Crippen LogP contribution in [0, 0.1) is 13.8 Å². The number of para-hydroxylation sites is 1. The molecule has 0 spiro atoms. The number of carbonyl (C=O) groups is 4. The molecule has 1 saturated heterocycles. The van der Waals surface area contributed by atoms with Crippen molar-refractivity contribution in [2.45, 2.75) is 20.8 Å². The molecule has 0 bridgehead atoms. The Balaban J connectivity index is 1.74. The van der Waals surface area contributed by atoms with Crippen LogP contribution in [-0.2, 0) is 14.4 Å². The Kier molecular flexibility index (Phi) is 7.95. The number of hydrogen-bond acceptors (Lipinski definition) is 7. The van der Waals surface area contributed by atoms with Crippen molar-refractivity contribution in [2.75, 3.05) is 25.1 Å². The van der Waals surface area contributed by atoms with E-state index < -0.39 is 36.2 Å². The molecule has 0 atom stereocenters. The standard InChI is InChI=1S/C24H24N2O7S/c1-4-32-18-10-16(8-9-17(18)33-13-21(28)29)11-19-23(30)26(24(31)34-19)12-20(27)25-22-14(2)6-5-7-15(22)3/h5-11H,4,12-13H2,1-3H3,(H,25,27)(H,28,29)/b19-11+. The van der Waals surface area contributed by atoms with Gasteiger partial charge in [0.1, 0.15) is 6.54 Å². The van der Waals surface area contributed by atoms with Gasteiger partial charge in [-0.25, -0.2) is 4.79 Å². The summed E-state index contributed by atoms with van der Waals surface area (Å²) in [5.41, 5.74) is 2.96. The Morgan fingerprint density at radius 3 is 2.44 bits per heavy atom. The highest BCUT2D eigenvalue weighted by molar-refractivity contribution is 8.18. The van der Waals surface area contributed by atoms with Crippen molar-refractivity contribution < 1.29 is 33.8 Å². The van der Waals surface area contributed by atoms with Crippen LogP contribution in [0.4, 0.5) is 10.5 Å². The van der Waals surface area contributed by atoms with Crippen LogP contribution in [0.1, 0.15) is 23.6 Å². The molecule has 1 fully saturated rings. The molecule has 3 rings (SSSR count). The van der Waals surface area contributed by atoms with Gasteiger partial charge in [0.15, 0.2) is 18.1 Å². The first-order valence-electron chi connectivity index (χ1n) is 10.4. The lowest BCUT2D eigenvalue weighted by Crippen LogP contribution is -2.36. The number of rotatable bonds is 9. The smallest absolute Gasteiger partial charge is 0.341 e. The molecule has 0 saturated carbocycles. The lowest BCUT2D eigenvalue weighted by Gasteiger charge is -2.15. The van der Waals surface area contributed by atoms with E-state index in [1.807, 2.05) is 32.0 Å². The van der Waals surface area contributed by atoms with Crippen molar-refractivity contribution in [3.8, 4) is 11.5 Å². The first-order chi connectivity index (χ1) is 16.2. The zero-order chi connectivity index (χ0) is 24.8. The number of imide groups is 1. The quantitative estimate of drug-likeness (QED) is 0.515. The number of carboxylic acids is 1. The molecular formula is C24H24N2O7S. The summed E-state index contributed by atoms with van der Waals surface area (Å²) < 4.78 is 10.7. The average Bonchev–Trinajstić information content (AvgIpc) is 3.03. The number of ether oxygens (including phenoxy) is 2. The molecular weight excluding hydrogens is 460 g/mol. The molecule has 34 heavy (non-hydrogen) atoms. The minimum Gasteiger partial charge on any atom is -0.490 e. The van der Waals surface area contributed by atoms with Crippen molar-refractivity contribution in [3.63, 3.8) is 0 Å². The van der Waals surface area contributed by atoms with Crippen LogP contribution < -0.4 is 14.8 Å². The Morgan fingerprint density at radius 1 is 1.09 bits per heavy atom. The van der Waals surface area contributed by atoms with Gasteiger partial charge >= 0.3 is 5.97 Å². The number of nitrogens with one attached hydrogen (secondary N) is 1. The summed E-state index contributed by atoms with van der Waals surface area (Å²) in [6, 6.07) is 10.3. The highest BCUT2D eigenvalue weighted by Crippen LogP contribution is 2.34. The molecule has 0 radical (unpaired) electrons.